The zero-order chi connectivity index (χ0) is 15.0. The first-order chi connectivity index (χ1) is 9.47. The van der Waals surface area contributed by atoms with Gasteiger partial charge >= 0.3 is 12.0 Å². The molecule has 6 nitrogen and oxygen atoms in total. The van der Waals surface area contributed by atoms with E-state index in [0.717, 1.165) is 25.7 Å². The van der Waals surface area contributed by atoms with E-state index in [2.05, 4.69) is 10.6 Å². The number of hydrogen-bond donors (Lipinski definition) is 3. The molecular weight excluding hydrogens is 280 g/mol. The zero-order valence-electron chi connectivity index (χ0n) is 11.7. The SMILES string of the molecule is CC(CC(=O)O)SCC(=O)NC(=O)NC1CCCCC1. The summed E-state index contributed by atoms with van der Waals surface area (Å²) in [6.45, 7) is 1.74. The van der Waals surface area contributed by atoms with Gasteiger partial charge in [-0.05, 0) is 12.8 Å². The van der Waals surface area contributed by atoms with Gasteiger partial charge in [0.2, 0.25) is 5.91 Å². The number of carbonyl (C=O) groups excluding carboxylic acids is 2. The van der Waals surface area contributed by atoms with Crippen molar-refractivity contribution in [2.24, 2.45) is 0 Å². The minimum absolute atomic E-state index is 0.00617. The molecule has 0 aromatic rings. The topological polar surface area (TPSA) is 95.5 Å². The molecule has 0 spiro atoms. The molecule has 0 aromatic carbocycles. The Morgan fingerprint density at radius 2 is 1.90 bits per heavy atom. The predicted octanol–water partition coefficient (Wildman–Crippen LogP) is 1.74. The number of amides is 3. The number of urea groups is 1. The van der Waals surface area contributed by atoms with Gasteiger partial charge in [0.1, 0.15) is 0 Å². The van der Waals surface area contributed by atoms with Crippen molar-refractivity contribution < 1.29 is 19.5 Å². The maximum Gasteiger partial charge on any atom is 0.321 e. The van der Waals surface area contributed by atoms with E-state index in [0.29, 0.717) is 0 Å². The van der Waals surface area contributed by atoms with Crippen LogP contribution in [0.25, 0.3) is 0 Å². The van der Waals surface area contributed by atoms with Crippen LogP contribution in [-0.2, 0) is 9.59 Å². The molecule has 0 heterocycles. The molecule has 1 saturated carbocycles. The summed E-state index contributed by atoms with van der Waals surface area (Å²) in [5.74, 6) is -1.19. The first kappa shape index (κ1) is 16.8. The van der Waals surface area contributed by atoms with Crippen LogP contribution in [0.4, 0.5) is 4.79 Å². The number of thioether (sulfide) groups is 1. The van der Waals surface area contributed by atoms with Crippen LogP contribution in [0.5, 0.6) is 0 Å². The molecule has 0 saturated heterocycles. The summed E-state index contributed by atoms with van der Waals surface area (Å²) in [6.07, 6.45) is 5.37. The number of rotatable bonds is 6. The Morgan fingerprint density at radius 3 is 2.50 bits per heavy atom. The number of nitrogens with one attached hydrogen (secondary N) is 2. The van der Waals surface area contributed by atoms with E-state index in [1.165, 1.54) is 18.2 Å². The number of carbonyl (C=O) groups is 3. The maximum absolute atomic E-state index is 11.6. The summed E-state index contributed by atoms with van der Waals surface area (Å²) in [5, 5.41) is 13.5. The molecule has 1 fully saturated rings. The van der Waals surface area contributed by atoms with Gasteiger partial charge in [-0.25, -0.2) is 4.79 Å². The van der Waals surface area contributed by atoms with Crippen molar-refractivity contribution in [1.29, 1.82) is 0 Å². The maximum atomic E-state index is 11.6. The first-order valence-electron chi connectivity index (χ1n) is 6.91. The van der Waals surface area contributed by atoms with Gasteiger partial charge in [-0.1, -0.05) is 26.2 Å². The molecule has 0 aromatic heterocycles. The van der Waals surface area contributed by atoms with Crippen LogP contribution >= 0.6 is 11.8 Å². The molecule has 1 unspecified atom stereocenters. The smallest absolute Gasteiger partial charge is 0.321 e. The molecule has 0 aliphatic heterocycles. The van der Waals surface area contributed by atoms with Gasteiger partial charge in [0, 0.05) is 11.3 Å². The third-order valence-corrected chi connectivity index (χ3v) is 4.32. The number of carboxylic acids is 1. The Hall–Kier alpha value is -1.24. The summed E-state index contributed by atoms with van der Waals surface area (Å²) < 4.78 is 0. The van der Waals surface area contributed by atoms with Gasteiger partial charge in [0.05, 0.1) is 12.2 Å². The van der Waals surface area contributed by atoms with Gasteiger partial charge < -0.3 is 10.4 Å². The highest BCUT2D eigenvalue weighted by atomic mass is 32.2. The average Bonchev–Trinajstić information content (AvgIpc) is 2.36. The third kappa shape index (κ3) is 7.37. The van der Waals surface area contributed by atoms with Gasteiger partial charge in [-0.2, -0.15) is 0 Å². The van der Waals surface area contributed by atoms with Crippen LogP contribution in [-0.4, -0.2) is 40.1 Å². The van der Waals surface area contributed by atoms with E-state index >= 15 is 0 Å². The Morgan fingerprint density at radius 1 is 1.25 bits per heavy atom. The second kappa shape index (κ2) is 8.84. The molecule has 3 N–H and O–H groups in total. The van der Waals surface area contributed by atoms with E-state index < -0.39 is 12.0 Å². The summed E-state index contributed by atoms with van der Waals surface area (Å²) in [5.41, 5.74) is 0. The van der Waals surface area contributed by atoms with Crippen LogP contribution in [0.1, 0.15) is 45.4 Å². The summed E-state index contributed by atoms with van der Waals surface area (Å²) in [7, 11) is 0. The Balaban J connectivity index is 2.17. The second-order valence-electron chi connectivity index (χ2n) is 5.08. The first-order valence-corrected chi connectivity index (χ1v) is 7.96. The number of carboxylic acid groups (broad SMARTS) is 1. The molecule has 1 rings (SSSR count). The van der Waals surface area contributed by atoms with E-state index in [9.17, 15) is 14.4 Å². The summed E-state index contributed by atoms with van der Waals surface area (Å²) >= 11 is 1.23. The zero-order valence-corrected chi connectivity index (χ0v) is 12.5. The molecule has 1 aliphatic rings. The Kier molecular flexibility index (Phi) is 7.43. The lowest BCUT2D eigenvalue weighted by Gasteiger charge is -2.22. The molecule has 1 aliphatic carbocycles. The molecular formula is C13H22N2O4S. The molecule has 20 heavy (non-hydrogen) atoms. The van der Waals surface area contributed by atoms with Gasteiger partial charge in [0.25, 0.3) is 0 Å². The lowest BCUT2D eigenvalue weighted by molar-refractivity contribution is -0.136. The van der Waals surface area contributed by atoms with Crippen LogP contribution in [0.3, 0.4) is 0 Å². The van der Waals surface area contributed by atoms with E-state index in [1.54, 1.807) is 6.92 Å². The van der Waals surface area contributed by atoms with Gasteiger partial charge in [-0.3, -0.25) is 14.9 Å². The van der Waals surface area contributed by atoms with Crippen LogP contribution in [0, 0.1) is 0 Å². The number of hydrogen-bond acceptors (Lipinski definition) is 4. The molecule has 3 amide bonds. The molecule has 0 radical (unpaired) electrons. The van der Waals surface area contributed by atoms with E-state index in [-0.39, 0.29) is 29.4 Å². The standard InChI is InChI=1S/C13H22N2O4S/c1-9(7-12(17)18)20-8-11(16)15-13(19)14-10-5-3-2-4-6-10/h9-10H,2-8H2,1H3,(H,17,18)(H2,14,15,16,19). The van der Waals surface area contributed by atoms with Crippen molar-refractivity contribution in [3.8, 4) is 0 Å². The Bertz CT molecular complexity index is 356. The molecule has 0 bridgehead atoms. The number of aliphatic carboxylic acids is 1. The minimum Gasteiger partial charge on any atom is -0.481 e. The minimum atomic E-state index is -0.888. The van der Waals surface area contributed by atoms with Gasteiger partial charge in [0.15, 0.2) is 0 Å². The largest absolute Gasteiger partial charge is 0.481 e. The fourth-order valence-electron chi connectivity index (χ4n) is 2.15. The Labute approximate surface area is 123 Å². The monoisotopic (exact) mass is 302 g/mol. The predicted molar refractivity (Wildman–Crippen MR) is 77.7 cm³/mol. The third-order valence-electron chi connectivity index (χ3n) is 3.15. The number of imide groups is 1. The lowest BCUT2D eigenvalue weighted by atomic mass is 9.96. The highest BCUT2D eigenvalue weighted by Crippen LogP contribution is 2.17. The van der Waals surface area contributed by atoms with Crippen molar-refractivity contribution in [1.82, 2.24) is 10.6 Å². The van der Waals surface area contributed by atoms with Crippen LogP contribution < -0.4 is 10.6 Å². The average molecular weight is 302 g/mol. The summed E-state index contributed by atoms with van der Waals surface area (Å²) in [4.78, 5) is 33.6. The van der Waals surface area contributed by atoms with Crippen molar-refractivity contribution in [3.05, 3.63) is 0 Å². The molecule has 7 heteroatoms. The second-order valence-corrected chi connectivity index (χ2v) is 6.50. The highest BCUT2D eigenvalue weighted by Gasteiger charge is 2.17. The normalized spacial score (nSPS) is 17.2. The van der Waals surface area contributed by atoms with Gasteiger partial charge in [-0.15, -0.1) is 11.8 Å². The van der Waals surface area contributed by atoms with Crippen molar-refractivity contribution in [3.63, 3.8) is 0 Å². The van der Waals surface area contributed by atoms with Crippen molar-refractivity contribution in [2.45, 2.75) is 56.7 Å². The molecule has 1 atom stereocenters. The van der Waals surface area contributed by atoms with E-state index in [4.69, 9.17) is 5.11 Å². The highest BCUT2D eigenvalue weighted by molar-refractivity contribution is 8.00. The summed E-state index contributed by atoms with van der Waals surface area (Å²) in [6, 6.07) is -0.288. The van der Waals surface area contributed by atoms with Crippen LogP contribution in [0.15, 0.2) is 0 Å². The van der Waals surface area contributed by atoms with E-state index in [1.807, 2.05) is 0 Å². The fraction of sp³-hybridized carbons (Fsp3) is 0.769. The van der Waals surface area contributed by atoms with Crippen molar-refractivity contribution in [2.75, 3.05) is 5.75 Å². The molecule has 114 valence electrons. The van der Waals surface area contributed by atoms with Crippen LogP contribution in [0.2, 0.25) is 0 Å². The lowest BCUT2D eigenvalue weighted by Crippen LogP contribution is -2.45. The van der Waals surface area contributed by atoms with Crippen molar-refractivity contribution >= 4 is 29.7 Å². The fourth-order valence-corrected chi connectivity index (χ4v) is 2.92. The quantitative estimate of drug-likeness (QED) is 0.694.